The van der Waals surface area contributed by atoms with Crippen LogP contribution in [-0.4, -0.2) is 26.7 Å². The smallest absolute Gasteiger partial charge is 0.163 e. The van der Waals surface area contributed by atoms with Crippen molar-refractivity contribution in [3.05, 3.63) is 36.4 Å². The van der Waals surface area contributed by atoms with Crippen molar-refractivity contribution in [3.8, 4) is 11.5 Å². The van der Waals surface area contributed by atoms with Crippen molar-refractivity contribution in [2.45, 2.75) is 66.2 Å². The van der Waals surface area contributed by atoms with Crippen LogP contribution in [0.3, 0.4) is 0 Å². The quantitative estimate of drug-likeness (QED) is 0.381. The lowest BCUT2D eigenvalue weighted by molar-refractivity contribution is 0.199. The zero-order valence-electron chi connectivity index (χ0n) is 17.9. The van der Waals surface area contributed by atoms with Gasteiger partial charge in [-0.2, -0.15) is 0 Å². The lowest BCUT2D eigenvalue weighted by Crippen LogP contribution is -2.11. The van der Waals surface area contributed by atoms with Crippen molar-refractivity contribution in [3.63, 3.8) is 0 Å². The molecule has 0 bridgehead atoms. The van der Waals surface area contributed by atoms with Gasteiger partial charge in [-0.25, -0.2) is 9.97 Å². The Kier molecular flexibility index (Phi) is 5.31. The lowest BCUT2D eigenvalue weighted by atomic mass is 10.2. The van der Waals surface area contributed by atoms with Gasteiger partial charge < -0.3 is 14.0 Å². The molecule has 0 atom stereocenters. The number of aromatic nitrogens is 3. The number of benzene rings is 2. The van der Waals surface area contributed by atoms with Crippen molar-refractivity contribution in [2.75, 3.05) is 0 Å². The molecular weight excluding hydrogens is 362 g/mol. The first kappa shape index (κ1) is 19.5. The first-order chi connectivity index (χ1) is 14.0. The van der Waals surface area contributed by atoms with Crippen LogP contribution in [0.25, 0.3) is 33.1 Å². The van der Waals surface area contributed by atoms with E-state index in [0.29, 0.717) is 11.5 Å². The second-order valence-electron chi connectivity index (χ2n) is 8.04. The molecule has 0 aliphatic rings. The SMILES string of the molecule is CCCCn1c2ccccc2c2nc3cc(OC(C)C)c(OC(C)C)cc3nc21. The second kappa shape index (κ2) is 7.90. The Morgan fingerprint density at radius 1 is 0.897 bits per heavy atom. The molecule has 0 aliphatic heterocycles. The number of ether oxygens (including phenoxy) is 2. The number of fused-ring (bicyclic) bond motifs is 4. The van der Waals surface area contributed by atoms with Crippen molar-refractivity contribution in [2.24, 2.45) is 0 Å². The van der Waals surface area contributed by atoms with E-state index in [2.05, 4.69) is 35.8 Å². The molecule has 0 amide bonds. The molecule has 0 saturated carbocycles. The molecule has 0 fully saturated rings. The summed E-state index contributed by atoms with van der Waals surface area (Å²) >= 11 is 0. The topological polar surface area (TPSA) is 49.2 Å². The average molecular weight is 392 g/mol. The van der Waals surface area contributed by atoms with Crippen molar-refractivity contribution in [1.29, 1.82) is 0 Å². The number of hydrogen-bond acceptors (Lipinski definition) is 4. The summed E-state index contributed by atoms with van der Waals surface area (Å²) in [5, 5.41) is 1.14. The van der Waals surface area contributed by atoms with E-state index in [0.717, 1.165) is 47.0 Å². The molecule has 5 heteroatoms. The van der Waals surface area contributed by atoms with Crippen LogP contribution in [0.1, 0.15) is 47.5 Å². The molecule has 0 saturated heterocycles. The van der Waals surface area contributed by atoms with Gasteiger partial charge in [0.25, 0.3) is 0 Å². The maximum Gasteiger partial charge on any atom is 0.163 e. The molecule has 0 spiro atoms. The van der Waals surface area contributed by atoms with E-state index in [9.17, 15) is 0 Å². The number of unbranched alkanes of at least 4 members (excludes halogenated alkanes) is 1. The molecule has 2 heterocycles. The maximum absolute atomic E-state index is 6.02. The van der Waals surface area contributed by atoms with Gasteiger partial charge in [-0.05, 0) is 40.2 Å². The molecule has 152 valence electrons. The van der Waals surface area contributed by atoms with E-state index in [1.165, 1.54) is 5.52 Å². The highest BCUT2D eigenvalue weighted by atomic mass is 16.5. The molecule has 0 N–H and O–H groups in total. The zero-order valence-corrected chi connectivity index (χ0v) is 17.9. The summed E-state index contributed by atoms with van der Waals surface area (Å²) < 4.78 is 14.3. The number of nitrogens with zero attached hydrogens (tertiary/aromatic N) is 3. The molecule has 2 aromatic carbocycles. The molecule has 0 radical (unpaired) electrons. The van der Waals surface area contributed by atoms with Gasteiger partial charge in [0.2, 0.25) is 0 Å². The first-order valence-electron chi connectivity index (χ1n) is 10.5. The van der Waals surface area contributed by atoms with Gasteiger partial charge in [0.1, 0.15) is 5.52 Å². The van der Waals surface area contributed by atoms with Crippen LogP contribution in [0.15, 0.2) is 36.4 Å². The Bertz CT molecular complexity index is 1160. The van der Waals surface area contributed by atoms with Crippen molar-refractivity contribution >= 4 is 33.1 Å². The summed E-state index contributed by atoms with van der Waals surface area (Å²) in [6, 6.07) is 12.3. The Morgan fingerprint density at radius 2 is 1.52 bits per heavy atom. The van der Waals surface area contributed by atoms with Crippen molar-refractivity contribution < 1.29 is 9.47 Å². The lowest BCUT2D eigenvalue weighted by Gasteiger charge is -2.17. The van der Waals surface area contributed by atoms with Crippen LogP contribution in [-0.2, 0) is 6.54 Å². The number of aryl methyl sites for hydroxylation is 1. The summed E-state index contributed by atoms with van der Waals surface area (Å²) in [5.74, 6) is 1.43. The van der Waals surface area contributed by atoms with Gasteiger partial charge in [0.05, 0.1) is 28.8 Å². The summed E-state index contributed by atoms with van der Waals surface area (Å²) in [6.45, 7) is 11.2. The minimum atomic E-state index is 0.0506. The van der Waals surface area contributed by atoms with E-state index >= 15 is 0 Å². The van der Waals surface area contributed by atoms with Gasteiger partial charge in [-0.1, -0.05) is 31.5 Å². The third-order valence-corrected chi connectivity index (χ3v) is 4.88. The fourth-order valence-corrected chi connectivity index (χ4v) is 3.68. The number of rotatable bonds is 7. The minimum Gasteiger partial charge on any atom is -0.487 e. The summed E-state index contributed by atoms with van der Waals surface area (Å²) in [5.41, 5.74) is 4.70. The number of hydrogen-bond donors (Lipinski definition) is 0. The van der Waals surface area contributed by atoms with Gasteiger partial charge >= 0.3 is 0 Å². The van der Waals surface area contributed by atoms with E-state index in [-0.39, 0.29) is 12.2 Å². The van der Waals surface area contributed by atoms with E-state index < -0.39 is 0 Å². The molecule has 0 aliphatic carbocycles. The van der Waals surface area contributed by atoms with Crippen LogP contribution < -0.4 is 9.47 Å². The summed E-state index contributed by atoms with van der Waals surface area (Å²) in [7, 11) is 0. The third-order valence-electron chi connectivity index (χ3n) is 4.88. The fraction of sp³-hybridized carbons (Fsp3) is 0.417. The van der Waals surface area contributed by atoms with Crippen LogP contribution in [0, 0.1) is 0 Å². The van der Waals surface area contributed by atoms with Crippen LogP contribution >= 0.6 is 0 Å². The van der Waals surface area contributed by atoms with E-state index in [1.807, 2.05) is 39.8 Å². The predicted molar refractivity (Wildman–Crippen MR) is 119 cm³/mol. The standard InChI is InChI=1S/C24H29N3O2/c1-6-7-12-27-20-11-9-8-10-17(20)23-24(27)26-19-14-22(29-16(4)5)21(28-15(2)3)13-18(19)25-23/h8-11,13-16H,6-7,12H2,1-5H3. The second-order valence-corrected chi connectivity index (χ2v) is 8.04. The molecule has 4 aromatic rings. The van der Waals surface area contributed by atoms with Gasteiger partial charge in [-0.3, -0.25) is 0 Å². The molecule has 2 aromatic heterocycles. The predicted octanol–water partition coefficient (Wildman–Crippen LogP) is 6.11. The first-order valence-corrected chi connectivity index (χ1v) is 10.5. The molecule has 0 unspecified atom stereocenters. The van der Waals surface area contributed by atoms with Crippen molar-refractivity contribution in [1.82, 2.24) is 14.5 Å². The highest BCUT2D eigenvalue weighted by molar-refractivity contribution is 6.06. The van der Waals surface area contributed by atoms with E-state index in [4.69, 9.17) is 19.4 Å². The molecule has 4 rings (SSSR count). The van der Waals surface area contributed by atoms with E-state index in [1.54, 1.807) is 0 Å². The van der Waals surface area contributed by atoms with Gasteiger partial charge in [0.15, 0.2) is 17.1 Å². The highest BCUT2D eigenvalue weighted by Gasteiger charge is 2.17. The van der Waals surface area contributed by atoms with Crippen LogP contribution in [0.4, 0.5) is 0 Å². The molecule has 5 nitrogen and oxygen atoms in total. The number of para-hydroxylation sites is 1. The largest absolute Gasteiger partial charge is 0.487 e. The normalized spacial score (nSPS) is 12.0. The molecular formula is C24H29N3O2. The zero-order chi connectivity index (χ0) is 20.5. The van der Waals surface area contributed by atoms with Crippen LogP contribution in [0.2, 0.25) is 0 Å². The Hall–Kier alpha value is -2.82. The highest BCUT2D eigenvalue weighted by Crippen LogP contribution is 2.35. The Balaban J connectivity index is 1.98. The monoisotopic (exact) mass is 391 g/mol. The van der Waals surface area contributed by atoms with Gasteiger partial charge in [-0.15, -0.1) is 0 Å². The third kappa shape index (κ3) is 3.74. The maximum atomic E-state index is 6.02. The summed E-state index contributed by atoms with van der Waals surface area (Å²) in [6.07, 6.45) is 2.34. The fourth-order valence-electron chi connectivity index (χ4n) is 3.68. The average Bonchev–Trinajstić information content (AvgIpc) is 2.97. The molecule has 29 heavy (non-hydrogen) atoms. The summed E-state index contributed by atoms with van der Waals surface area (Å²) in [4.78, 5) is 10.0. The Labute approximate surface area is 171 Å². The Morgan fingerprint density at radius 3 is 2.14 bits per heavy atom. The van der Waals surface area contributed by atoms with Crippen LogP contribution in [0.5, 0.6) is 11.5 Å². The minimum absolute atomic E-state index is 0.0506. The van der Waals surface area contributed by atoms with Gasteiger partial charge in [0, 0.05) is 24.1 Å².